The number of hydroxylamine groups is 2. The summed E-state index contributed by atoms with van der Waals surface area (Å²) >= 11 is 0. The highest BCUT2D eigenvalue weighted by molar-refractivity contribution is 5.17. The van der Waals surface area contributed by atoms with E-state index in [1.165, 1.54) is 37.7 Å². The van der Waals surface area contributed by atoms with Gasteiger partial charge in [-0.2, -0.15) is 5.06 Å². The molecule has 0 bridgehead atoms. The van der Waals surface area contributed by atoms with Crippen LogP contribution in [0.1, 0.15) is 91.2 Å². The molecule has 0 aromatic heterocycles. The maximum atomic E-state index is 6.56. The van der Waals surface area contributed by atoms with Crippen LogP contribution in [0.4, 0.5) is 0 Å². The summed E-state index contributed by atoms with van der Waals surface area (Å²) in [6.45, 7) is 12.3. The first-order chi connectivity index (χ1) is 14.7. The molecule has 4 rings (SSSR count). The predicted octanol–water partition coefficient (Wildman–Crippen LogP) is 5.79. The van der Waals surface area contributed by atoms with Crippen LogP contribution >= 0.6 is 0 Å². The number of piperidine rings is 1. The molecule has 2 aliphatic heterocycles. The van der Waals surface area contributed by atoms with E-state index in [2.05, 4.69) is 63.9 Å². The number of hydrogen-bond donors (Lipinski definition) is 0. The van der Waals surface area contributed by atoms with Gasteiger partial charge in [-0.05, 0) is 53.0 Å². The fourth-order valence-corrected chi connectivity index (χ4v) is 5.93. The van der Waals surface area contributed by atoms with E-state index in [0.29, 0.717) is 19.3 Å². The molecule has 3 aliphatic rings. The summed E-state index contributed by atoms with van der Waals surface area (Å²) in [7, 11) is 0. The van der Waals surface area contributed by atoms with Crippen LogP contribution < -0.4 is 0 Å². The number of hydrogen-bond acceptors (Lipinski definition) is 5. The quantitative estimate of drug-likeness (QED) is 0.570. The Morgan fingerprint density at radius 1 is 1.00 bits per heavy atom. The smallest absolute Gasteiger partial charge is 0.172 e. The second-order valence-electron chi connectivity index (χ2n) is 11.0. The van der Waals surface area contributed by atoms with Crippen molar-refractivity contribution < 1.29 is 19.0 Å². The molecule has 1 aliphatic carbocycles. The molecule has 0 radical (unpaired) electrons. The van der Waals surface area contributed by atoms with E-state index in [4.69, 9.17) is 19.0 Å². The van der Waals surface area contributed by atoms with Crippen molar-refractivity contribution >= 4 is 0 Å². The van der Waals surface area contributed by atoms with Gasteiger partial charge in [0.2, 0.25) is 0 Å². The maximum Gasteiger partial charge on any atom is 0.172 e. The van der Waals surface area contributed by atoms with E-state index >= 15 is 0 Å². The molecular weight excluding hydrogens is 390 g/mol. The minimum atomic E-state index is -0.566. The van der Waals surface area contributed by atoms with Crippen LogP contribution in [-0.4, -0.2) is 47.3 Å². The van der Waals surface area contributed by atoms with Crippen molar-refractivity contribution in [2.75, 3.05) is 13.2 Å². The third kappa shape index (κ3) is 5.33. The van der Waals surface area contributed by atoms with Gasteiger partial charge in [0, 0.05) is 23.9 Å². The third-order valence-corrected chi connectivity index (χ3v) is 7.02. The molecule has 31 heavy (non-hydrogen) atoms. The van der Waals surface area contributed by atoms with E-state index in [1.807, 2.05) is 6.07 Å². The van der Waals surface area contributed by atoms with Gasteiger partial charge < -0.3 is 14.2 Å². The summed E-state index contributed by atoms with van der Waals surface area (Å²) in [5, 5.41) is 2.18. The molecule has 5 nitrogen and oxygen atoms in total. The van der Waals surface area contributed by atoms with Gasteiger partial charge in [0.05, 0.1) is 19.3 Å². The number of ether oxygens (including phenoxy) is 3. The van der Waals surface area contributed by atoms with Crippen molar-refractivity contribution in [2.24, 2.45) is 0 Å². The first-order valence-corrected chi connectivity index (χ1v) is 12.1. The van der Waals surface area contributed by atoms with Crippen molar-refractivity contribution in [3.8, 4) is 0 Å². The summed E-state index contributed by atoms with van der Waals surface area (Å²) in [5.74, 6) is -0.566. The molecule has 2 heterocycles. The van der Waals surface area contributed by atoms with Crippen molar-refractivity contribution in [3.63, 3.8) is 0 Å². The normalized spacial score (nSPS) is 29.3. The molecule has 5 heteroatoms. The molecule has 2 unspecified atom stereocenters. The molecule has 174 valence electrons. The number of nitrogens with zero attached hydrogens (tertiary/aromatic N) is 1. The van der Waals surface area contributed by atoms with Crippen molar-refractivity contribution in [1.29, 1.82) is 0 Å². The average Bonchev–Trinajstić information content (AvgIpc) is 3.11. The zero-order valence-corrected chi connectivity index (χ0v) is 20.1. The first kappa shape index (κ1) is 23.2. The summed E-state index contributed by atoms with van der Waals surface area (Å²) in [5.41, 5.74) is 0.719. The molecule has 2 atom stereocenters. The second kappa shape index (κ2) is 9.11. The van der Waals surface area contributed by atoms with Crippen LogP contribution in [0.2, 0.25) is 0 Å². The van der Waals surface area contributed by atoms with Crippen LogP contribution in [0, 0.1) is 0 Å². The Kier molecular flexibility index (Phi) is 6.81. The minimum absolute atomic E-state index is 0.0177. The number of rotatable bonds is 6. The largest absolute Gasteiger partial charge is 0.375 e. The topological polar surface area (TPSA) is 40.2 Å². The number of benzene rings is 1. The van der Waals surface area contributed by atoms with E-state index in [9.17, 15) is 0 Å². The molecule has 1 aromatic rings. The van der Waals surface area contributed by atoms with Crippen molar-refractivity contribution in [1.82, 2.24) is 5.06 Å². The standard InChI is InChI=1S/C26H41NO4/c1-20(21-12-8-6-9-13-21)31-27-24(2,3)18-26(19-25(27,4)5)29-17-23(30-26)16-28-22-14-10-7-11-15-22/h6,8-9,12-13,20,22-23H,7,10-11,14-19H2,1-5H3. The van der Waals surface area contributed by atoms with Gasteiger partial charge in [-0.1, -0.05) is 49.6 Å². The highest BCUT2D eigenvalue weighted by atomic mass is 16.8. The van der Waals surface area contributed by atoms with Gasteiger partial charge in [-0.25, -0.2) is 0 Å². The van der Waals surface area contributed by atoms with Gasteiger partial charge in [0.15, 0.2) is 5.79 Å². The zero-order valence-electron chi connectivity index (χ0n) is 20.1. The van der Waals surface area contributed by atoms with Crippen LogP contribution in [-0.2, 0) is 19.0 Å². The third-order valence-electron chi connectivity index (χ3n) is 7.02. The summed E-state index contributed by atoms with van der Waals surface area (Å²) in [6.07, 6.45) is 8.23. The van der Waals surface area contributed by atoms with E-state index in [1.54, 1.807) is 0 Å². The van der Waals surface area contributed by atoms with E-state index in [0.717, 1.165) is 12.8 Å². The maximum absolute atomic E-state index is 6.56. The van der Waals surface area contributed by atoms with Gasteiger partial charge in [-0.3, -0.25) is 4.84 Å². The molecule has 2 saturated heterocycles. The van der Waals surface area contributed by atoms with Crippen LogP contribution in [0.25, 0.3) is 0 Å². The highest BCUT2D eigenvalue weighted by Crippen LogP contribution is 2.49. The lowest BCUT2D eigenvalue weighted by Crippen LogP contribution is -2.65. The Morgan fingerprint density at radius 2 is 1.65 bits per heavy atom. The Morgan fingerprint density at radius 3 is 2.29 bits per heavy atom. The fraction of sp³-hybridized carbons (Fsp3) is 0.769. The molecule has 3 fully saturated rings. The van der Waals surface area contributed by atoms with Gasteiger partial charge in [-0.15, -0.1) is 0 Å². The molecule has 1 saturated carbocycles. The lowest BCUT2D eigenvalue weighted by atomic mass is 9.78. The van der Waals surface area contributed by atoms with E-state index < -0.39 is 5.79 Å². The Hall–Kier alpha value is -0.980. The molecule has 1 aromatic carbocycles. The minimum Gasteiger partial charge on any atom is -0.375 e. The van der Waals surface area contributed by atoms with E-state index in [-0.39, 0.29) is 23.3 Å². The van der Waals surface area contributed by atoms with Gasteiger partial charge >= 0.3 is 0 Å². The van der Waals surface area contributed by atoms with Crippen LogP contribution in [0.5, 0.6) is 0 Å². The first-order valence-electron chi connectivity index (χ1n) is 12.1. The molecule has 1 spiro atoms. The van der Waals surface area contributed by atoms with Crippen LogP contribution in [0.3, 0.4) is 0 Å². The Bertz CT molecular complexity index is 695. The monoisotopic (exact) mass is 431 g/mol. The fourth-order valence-electron chi connectivity index (χ4n) is 5.93. The second-order valence-corrected chi connectivity index (χ2v) is 11.0. The zero-order chi connectivity index (χ0) is 22.1. The van der Waals surface area contributed by atoms with Gasteiger partial charge in [0.25, 0.3) is 0 Å². The Balaban J connectivity index is 1.39. The highest BCUT2D eigenvalue weighted by Gasteiger charge is 2.58. The summed E-state index contributed by atoms with van der Waals surface area (Å²) in [6, 6.07) is 10.4. The van der Waals surface area contributed by atoms with Crippen molar-refractivity contribution in [3.05, 3.63) is 35.9 Å². The molecule has 0 amide bonds. The summed E-state index contributed by atoms with van der Waals surface area (Å²) in [4.78, 5) is 6.56. The molecular formula is C26H41NO4. The van der Waals surface area contributed by atoms with Crippen LogP contribution in [0.15, 0.2) is 30.3 Å². The SMILES string of the molecule is CC(ON1C(C)(C)CC2(CC1(C)C)OCC(COC1CCCCC1)O2)c1ccccc1. The van der Waals surface area contributed by atoms with Crippen molar-refractivity contribution in [2.45, 2.75) is 115 Å². The predicted molar refractivity (Wildman–Crippen MR) is 122 cm³/mol. The lowest BCUT2D eigenvalue weighted by molar-refractivity contribution is -0.352. The lowest BCUT2D eigenvalue weighted by Gasteiger charge is -2.56. The molecule has 0 N–H and O–H groups in total. The summed E-state index contributed by atoms with van der Waals surface area (Å²) < 4.78 is 19.1. The van der Waals surface area contributed by atoms with Gasteiger partial charge in [0.1, 0.15) is 12.2 Å². The average molecular weight is 432 g/mol. The Labute approximate surface area is 188 Å².